The van der Waals surface area contributed by atoms with Gasteiger partial charge in [0.05, 0.1) is 6.10 Å². The molecular weight excluding hydrogens is 247 g/mol. The standard InChI is InChI=1S/C13H27BO5/c15-11-18-9-3-1-2-4-10-19-13-7-5-12(6-8-13)14(16)17/h12-13,15-17H,1-11H2. The maximum Gasteiger partial charge on any atom is 0.454 e. The average Bonchev–Trinajstić information content (AvgIpc) is 2.42. The van der Waals surface area contributed by atoms with Gasteiger partial charge in [-0.1, -0.05) is 12.8 Å². The zero-order valence-corrected chi connectivity index (χ0v) is 11.7. The van der Waals surface area contributed by atoms with Crippen molar-refractivity contribution in [1.82, 2.24) is 0 Å². The highest BCUT2D eigenvalue weighted by Gasteiger charge is 2.29. The van der Waals surface area contributed by atoms with Crippen molar-refractivity contribution in [2.24, 2.45) is 0 Å². The smallest absolute Gasteiger partial charge is 0.427 e. The van der Waals surface area contributed by atoms with Gasteiger partial charge in [-0.3, -0.25) is 0 Å². The molecule has 0 bridgehead atoms. The highest BCUT2D eigenvalue weighted by atomic mass is 16.6. The summed E-state index contributed by atoms with van der Waals surface area (Å²) in [6, 6.07) is 0. The van der Waals surface area contributed by atoms with E-state index in [0.29, 0.717) is 12.7 Å². The Labute approximate surface area is 116 Å². The van der Waals surface area contributed by atoms with Gasteiger partial charge in [-0.2, -0.15) is 0 Å². The monoisotopic (exact) mass is 274 g/mol. The first-order valence-electron chi connectivity index (χ1n) is 7.40. The molecule has 5 nitrogen and oxygen atoms in total. The number of aliphatic hydroxyl groups excluding tert-OH is 1. The number of hydrogen-bond acceptors (Lipinski definition) is 5. The Morgan fingerprint density at radius 1 is 0.895 bits per heavy atom. The van der Waals surface area contributed by atoms with Crippen LogP contribution in [0, 0.1) is 0 Å². The highest BCUT2D eigenvalue weighted by molar-refractivity contribution is 6.43. The summed E-state index contributed by atoms with van der Waals surface area (Å²) in [6.07, 6.45) is 8.14. The molecule has 0 saturated heterocycles. The molecule has 0 radical (unpaired) electrons. The van der Waals surface area contributed by atoms with Crippen LogP contribution in [0.3, 0.4) is 0 Å². The van der Waals surface area contributed by atoms with E-state index < -0.39 is 7.12 Å². The Morgan fingerprint density at radius 2 is 1.53 bits per heavy atom. The average molecular weight is 274 g/mol. The zero-order chi connectivity index (χ0) is 13.9. The van der Waals surface area contributed by atoms with Crippen LogP contribution in [0.4, 0.5) is 0 Å². The Kier molecular flexibility index (Phi) is 9.46. The van der Waals surface area contributed by atoms with Crippen molar-refractivity contribution >= 4 is 7.12 Å². The summed E-state index contributed by atoms with van der Waals surface area (Å²) >= 11 is 0. The first-order valence-corrected chi connectivity index (χ1v) is 7.40. The van der Waals surface area contributed by atoms with E-state index in [0.717, 1.165) is 58.0 Å². The van der Waals surface area contributed by atoms with E-state index in [4.69, 9.17) is 24.6 Å². The summed E-state index contributed by atoms with van der Waals surface area (Å²) in [5, 5.41) is 26.6. The van der Waals surface area contributed by atoms with E-state index in [2.05, 4.69) is 0 Å². The van der Waals surface area contributed by atoms with Gasteiger partial charge < -0.3 is 24.6 Å². The normalized spacial score (nSPS) is 23.5. The minimum atomic E-state index is -1.16. The molecule has 1 aliphatic rings. The predicted molar refractivity (Wildman–Crippen MR) is 73.7 cm³/mol. The van der Waals surface area contributed by atoms with Crippen LogP contribution in [-0.4, -0.2) is 48.4 Å². The third-order valence-electron chi connectivity index (χ3n) is 3.77. The molecule has 0 amide bonds. The van der Waals surface area contributed by atoms with Crippen molar-refractivity contribution in [3.63, 3.8) is 0 Å². The molecule has 0 atom stereocenters. The highest BCUT2D eigenvalue weighted by Crippen LogP contribution is 2.31. The topological polar surface area (TPSA) is 79.2 Å². The van der Waals surface area contributed by atoms with Crippen LogP contribution in [0.5, 0.6) is 0 Å². The van der Waals surface area contributed by atoms with E-state index in [-0.39, 0.29) is 12.6 Å². The molecule has 1 rings (SSSR count). The summed E-state index contributed by atoms with van der Waals surface area (Å²) in [6.45, 7) is 1.23. The molecule has 3 N–H and O–H groups in total. The molecule has 1 fully saturated rings. The lowest BCUT2D eigenvalue weighted by molar-refractivity contribution is -0.00351. The van der Waals surface area contributed by atoms with Crippen molar-refractivity contribution in [2.75, 3.05) is 20.0 Å². The fourth-order valence-electron chi connectivity index (χ4n) is 2.53. The largest absolute Gasteiger partial charge is 0.454 e. The summed E-state index contributed by atoms with van der Waals surface area (Å²) in [5.74, 6) is 0.0337. The first kappa shape index (κ1) is 16.9. The van der Waals surface area contributed by atoms with Crippen molar-refractivity contribution < 1.29 is 24.6 Å². The quantitative estimate of drug-likeness (QED) is 0.318. The first-order chi connectivity index (χ1) is 9.24. The SMILES string of the molecule is OCOCCCCCCOC1CCC(B(O)O)CC1. The lowest BCUT2D eigenvalue weighted by atomic mass is 9.65. The predicted octanol–water partition coefficient (Wildman–Crippen LogP) is 1.32. The number of ether oxygens (including phenoxy) is 2. The van der Waals surface area contributed by atoms with Crippen LogP contribution >= 0.6 is 0 Å². The van der Waals surface area contributed by atoms with Crippen LogP contribution in [-0.2, 0) is 9.47 Å². The maximum atomic E-state index is 9.09. The number of aliphatic hydroxyl groups is 1. The molecule has 1 aliphatic carbocycles. The van der Waals surface area contributed by atoms with Gasteiger partial charge in [-0.25, -0.2) is 0 Å². The minimum Gasteiger partial charge on any atom is -0.427 e. The molecule has 0 aromatic heterocycles. The molecule has 0 heterocycles. The van der Waals surface area contributed by atoms with Crippen LogP contribution in [0.2, 0.25) is 5.82 Å². The second-order valence-corrected chi connectivity index (χ2v) is 5.27. The van der Waals surface area contributed by atoms with Crippen molar-refractivity contribution in [1.29, 1.82) is 0 Å². The van der Waals surface area contributed by atoms with Crippen LogP contribution in [0.1, 0.15) is 51.4 Å². The molecule has 1 saturated carbocycles. The van der Waals surface area contributed by atoms with Gasteiger partial charge in [0.25, 0.3) is 0 Å². The number of hydrogen-bond donors (Lipinski definition) is 3. The van der Waals surface area contributed by atoms with Gasteiger partial charge in [0, 0.05) is 13.2 Å². The molecular formula is C13H27BO5. The molecule has 0 aliphatic heterocycles. The van der Waals surface area contributed by atoms with E-state index in [1.807, 2.05) is 0 Å². The molecule has 0 spiro atoms. The third-order valence-corrected chi connectivity index (χ3v) is 3.77. The van der Waals surface area contributed by atoms with E-state index >= 15 is 0 Å². The molecule has 0 unspecified atom stereocenters. The van der Waals surface area contributed by atoms with Crippen LogP contribution < -0.4 is 0 Å². The fraction of sp³-hybridized carbons (Fsp3) is 1.00. The molecule has 0 aromatic carbocycles. The molecule has 19 heavy (non-hydrogen) atoms. The van der Waals surface area contributed by atoms with Crippen molar-refractivity contribution in [3.05, 3.63) is 0 Å². The maximum absolute atomic E-state index is 9.09. The molecule has 6 heteroatoms. The number of unbranched alkanes of at least 4 members (excludes halogenated alkanes) is 3. The van der Waals surface area contributed by atoms with Gasteiger partial charge >= 0.3 is 7.12 Å². The summed E-state index contributed by atoms with van der Waals surface area (Å²) in [5.41, 5.74) is 0. The van der Waals surface area contributed by atoms with Gasteiger partial charge in [0.2, 0.25) is 0 Å². The van der Waals surface area contributed by atoms with Gasteiger partial charge in [-0.15, -0.1) is 0 Å². The zero-order valence-electron chi connectivity index (χ0n) is 11.7. The van der Waals surface area contributed by atoms with Crippen LogP contribution in [0.25, 0.3) is 0 Å². The Balaban J connectivity index is 1.88. The molecule has 0 aromatic rings. The van der Waals surface area contributed by atoms with E-state index in [9.17, 15) is 0 Å². The lowest BCUT2D eigenvalue weighted by Gasteiger charge is -2.27. The second kappa shape index (κ2) is 10.6. The molecule has 112 valence electrons. The van der Waals surface area contributed by atoms with Gasteiger partial charge in [0.15, 0.2) is 0 Å². The number of rotatable bonds is 10. The lowest BCUT2D eigenvalue weighted by Crippen LogP contribution is -2.28. The third kappa shape index (κ3) is 7.90. The summed E-state index contributed by atoms with van der Waals surface area (Å²) < 4.78 is 10.7. The second-order valence-electron chi connectivity index (χ2n) is 5.27. The summed E-state index contributed by atoms with van der Waals surface area (Å²) in [7, 11) is -1.16. The van der Waals surface area contributed by atoms with Crippen molar-refractivity contribution in [2.45, 2.75) is 63.3 Å². The fourth-order valence-corrected chi connectivity index (χ4v) is 2.53. The van der Waals surface area contributed by atoms with Crippen molar-refractivity contribution in [3.8, 4) is 0 Å². The van der Waals surface area contributed by atoms with E-state index in [1.165, 1.54) is 0 Å². The van der Waals surface area contributed by atoms with E-state index in [1.54, 1.807) is 0 Å². The Bertz CT molecular complexity index is 207. The summed E-state index contributed by atoms with van der Waals surface area (Å²) in [4.78, 5) is 0. The van der Waals surface area contributed by atoms with Crippen LogP contribution in [0.15, 0.2) is 0 Å². The minimum absolute atomic E-state index is 0.0337. The van der Waals surface area contributed by atoms with Gasteiger partial charge in [-0.05, 0) is 44.3 Å². The Morgan fingerprint density at radius 3 is 2.11 bits per heavy atom. The Hall–Kier alpha value is -0.135. The van der Waals surface area contributed by atoms with Gasteiger partial charge in [0.1, 0.15) is 6.79 Å².